The quantitative estimate of drug-likeness (QED) is 0.277. The van der Waals surface area contributed by atoms with Crippen molar-refractivity contribution in [3.8, 4) is 23.0 Å². The second kappa shape index (κ2) is 10.2. The molecule has 7 nitrogen and oxygen atoms in total. The Morgan fingerprint density at radius 3 is 1.31 bits per heavy atom. The maximum atomic E-state index is 9.98. The van der Waals surface area contributed by atoms with Gasteiger partial charge in [-0.1, -0.05) is 36.4 Å². The lowest BCUT2D eigenvalue weighted by Crippen LogP contribution is -1.93. The van der Waals surface area contributed by atoms with Crippen LogP contribution in [0.3, 0.4) is 0 Å². The summed E-state index contributed by atoms with van der Waals surface area (Å²) in [4.78, 5) is 0. The Kier molecular flexibility index (Phi) is 6.87. The maximum absolute atomic E-state index is 9.98. The summed E-state index contributed by atoms with van der Waals surface area (Å²) < 4.78 is 6.28. The molecule has 0 amide bonds. The average molecular weight is 467 g/mol. The number of hydrogen-bond donors (Lipinski definition) is 2. The van der Waals surface area contributed by atoms with Crippen LogP contribution in [0.25, 0.3) is 0 Å². The van der Waals surface area contributed by atoms with Crippen LogP contribution in [-0.2, 0) is 0 Å². The Morgan fingerprint density at radius 2 is 0.914 bits per heavy atom. The third-order valence-corrected chi connectivity index (χ3v) is 5.66. The van der Waals surface area contributed by atoms with Crippen molar-refractivity contribution in [2.75, 3.05) is 0 Å². The highest BCUT2D eigenvalue weighted by atomic mass is 16.5. The van der Waals surface area contributed by atoms with Gasteiger partial charge in [-0.2, -0.15) is 0 Å². The predicted molar refractivity (Wildman–Crippen MR) is 136 cm³/mol. The molecule has 0 unspecified atom stereocenters. The number of azo groups is 2. The lowest BCUT2D eigenvalue weighted by molar-refractivity contribution is 0.475. The fourth-order valence-corrected chi connectivity index (χ4v) is 3.59. The van der Waals surface area contributed by atoms with Gasteiger partial charge in [0, 0.05) is 11.1 Å². The SMILES string of the molecule is Cc1ccc(Oc2ccc(C)c(N=Nc3ccccc3O)c2C)c(C)c1N=Nc1ccccc1O. The van der Waals surface area contributed by atoms with Crippen molar-refractivity contribution < 1.29 is 14.9 Å². The summed E-state index contributed by atoms with van der Waals surface area (Å²) in [5.74, 6) is 1.41. The molecular weight excluding hydrogens is 440 g/mol. The normalized spacial score (nSPS) is 11.4. The van der Waals surface area contributed by atoms with E-state index in [0.29, 0.717) is 34.2 Å². The molecule has 0 radical (unpaired) electrons. The summed E-state index contributed by atoms with van der Waals surface area (Å²) in [7, 11) is 0. The summed E-state index contributed by atoms with van der Waals surface area (Å²) in [6.07, 6.45) is 0. The van der Waals surface area contributed by atoms with Gasteiger partial charge in [0.15, 0.2) is 0 Å². The standard InChI is InChI=1S/C28H26N4O3/c1-17-13-15-25(19(3)27(17)31-29-21-9-5-7-11-23(21)33)35-26-16-14-18(2)28(20(26)4)32-30-22-10-6-8-12-24(22)34/h5-16,33-34H,1-4H3. The fourth-order valence-electron chi connectivity index (χ4n) is 3.59. The van der Waals surface area contributed by atoms with Gasteiger partial charge in [-0.25, -0.2) is 0 Å². The van der Waals surface area contributed by atoms with Crippen LogP contribution in [0.2, 0.25) is 0 Å². The maximum Gasteiger partial charge on any atom is 0.143 e. The van der Waals surface area contributed by atoms with Crippen molar-refractivity contribution in [3.05, 3.63) is 95.1 Å². The van der Waals surface area contributed by atoms with E-state index in [0.717, 1.165) is 22.3 Å². The van der Waals surface area contributed by atoms with Gasteiger partial charge in [-0.15, -0.1) is 20.5 Å². The number of ether oxygens (including phenoxy) is 1. The Labute approximate surface area is 204 Å². The van der Waals surface area contributed by atoms with E-state index in [2.05, 4.69) is 20.5 Å². The van der Waals surface area contributed by atoms with Gasteiger partial charge in [0.05, 0.1) is 11.4 Å². The zero-order chi connectivity index (χ0) is 24.9. The van der Waals surface area contributed by atoms with Crippen molar-refractivity contribution in [1.82, 2.24) is 0 Å². The molecule has 0 spiro atoms. The molecular formula is C28H26N4O3. The van der Waals surface area contributed by atoms with Gasteiger partial charge in [-0.3, -0.25) is 0 Å². The second-order valence-corrected chi connectivity index (χ2v) is 8.19. The number of phenolic OH excluding ortho intramolecular Hbond substituents is 2. The Hall–Kier alpha value is -4.52. The zero-order valence-corrected chi connectivity index (χ0v) is 20.0. The van der Waals surface area contributed by atoms with E-state index in [1.807, 2.05) is 52.0 Å². The highest BCUT2D eigenvalue weighted by Crippen LogP contribution is 2.40. The minimum Gasteiger partial charge on any atom is -0.506 e. The third kappa shape index (κ3) is 5.19. The van der Waals surface area contributed by atoms with Crippen LogP contribution in [-0.4, -0.2) is 10.2 Å². The molecule has 0 saturated carbocycles. The molecule has 0 aliphatic heterocycles. The fraction of sp³-hybridized carbons (Fsp3) is 0.143. The first-order valence-corrected chi connectivity index (χ1v) is 11.1. The van der Waals surface area contributed by atoms with Gasteiger partial charge in [-0.05, 0) is 75.2 Å². The van der Waals surface area contributed by atoms with E-state index < -0.39 is 0 Å². The van der Waals surface area contributed by atoms with E-state index in [9.17, 15) is 10.2 Å². The number of hydrogen-bond acceptors (Lipinski definition) is 7. The third-order valence-electron chi connectivity index (χ3n) is 5.66. The molecule has 2 N–H and O–H groups in total. The highest BCUT2D eigenvalue weighted by molar-refractivity contribution is 5.62. The summed E-state index contributed by atoms with van der Waals surface area (Å²) in [6, 6.07) is 21.2. The molecule has 0 aliphatic rings. The molecule has 0 aliphatic carbocycles. The van der Waals surface area contributed by atoms with Crippen molar-refractivity contribution in [1.29, 1.82) is 0 Å². The highest BCUT2D eigenvalue weighted by Gasteiger charge is 2.14. The van der Waals surface area contributed by atoms with E-state index >= 15 is 0 Å². The molecule has 4 aromatic rings. The Morgan fingerprint density at radius 1 is 0.514 bits per heavy atom. The van der Waals surface area contributed by atoms with Crippen molar-refractivity contribution in [2.45, 2.75) is 27.7 Å². The minimum absolute atomic E-state index is 0.0692. The van der Waals surface area contributed by atoms with E-state index in [1.165, 1.54) is 0 Å². The van der Waals surface area contributed by atoms with Crippen molar-refractivity contribution in [2.24, 2.45) is 20.5 Å². The Bertz CT molecular complexity index is 1340. The number of rotatable bonds is 6. The summed E-state index contributed by atoms with van der Waals surface area (Å²) >= 11 is 0. The Balaban J connectivity index is 1.66. The largest absolute Gasteiger partial charge is 0.506 e. The first-order valence-electron chi connectivity index (χ1n) is 11.1. The molecule has 0 heterocycles. The first kappa shape index (κ1) is 23.6. The van der Waals surface area contributed by atoms with E-state index in [-0.39, 0.29) is 11.5 Å². The minimum atomic E-state index is 0.0692. The van der Waals surface area contributed by atoms with Crippen molar-refractivity contribution >= 4 is 22.7 Å². The number of para-hydroxylation sites is 2. The van der Waals surface area contributed by atoms with Crippen LogP contribution in [0.4, 0.5) is 22.7 Å². The van der Waals surface area contributed by atoms with Gasteiger partial charge in [0.1, 0.15) is 34.4 Å². The van der Waals surface area contributed by atoms with E-state index in [4.69, 9.17) is 4.74 Å². The molecule has 0 atom stereocenters. The molecule has 0 fully saturated rings. The van der Waals surface area contributed by atoms with Gasteiger partial charge >= 0.3 is 0 Å². The average Bonchev–Trinajstić information content (AvgIpc) is 2.84. The molecule has 176 valence electrons. The molecule has 0 aromatic heterocycles. The number of aromatic hydroxyl groups is 2. The van der Waals surface area contributed by atoms with Crippen LogP contribution in [0.5, 0.6) is 23.0 Å². The predicted octanol–water partition coefficient (Wildman–Crippen LogP) is 8.95. The monoisotopic (exact) mass is 466 g/mol. The number of aryl methyl sites for hydroxylation is 2. The topological polar surface area (TPSA) is 99.1 Å². The summed E-state index contributed by atoms with van der Waals surface area (Å²) in [5, 5.41) is 37.2. The molecule has 0 saturated heterocycles. The van der Waals surface area contributed by atoms with Gasteiger partial charge in [0.25, 0.3) is 0 Å². The molecule has 35 heavy (non-hydrogen) atoms. The van der Waals surface area contributed by atoms with Crippen LogP contribution in [0, 0.1) is 27.7 Å². The number of phenols is 2. The van der Waals surface area contributed by atoms with E-state index in [1.54, 1.807) is 48.5 Å². The summed E-state index contributed by atoms with van der Waals surface area (Å²) in [5.41, 5.74) is 5.66. The smallest absolute Gasteiger partial charge is 0.143 e. The van der Waals surface area contributed by atoms with Gasteiger partial charge < -0.3 is 14.9 Å². The number of benzene rings is 4. The lowest BCUT2D eigenvalue weighted by Gasteiger charge is -2.15. The first-order chi connectivity index (χ1) is 16.8. The molecule has 0 bridgehead atoms. The molecule has 4 rings (SSSR count). The number of nitrogens with zero attached hydrogens (tertiary/aromatic N) is 4. The molecule has 7 heteroatoms. The van der Waals surface area contributed by atoms with Crippen molar-refractivity contribution in [3.63, 3.8) is 0 Å². The second-order valence-electron chi connectivity index (χ2n) is 8.19. The molecule has 4 aromatic carbocycles. The van der Waals surface area contributed by atoms with Crippen LogP contribution < -0.4 is 4.74 Å². The van der Waals surface area contributed by atoms with Gasteiger partial charge in [0.2, 0.25) is 0 Å². The van der Waals surface area contributed by atoms with Crippen LogP contribution in [0.1, 0.15) is 22.3 Å². The summed E-state index contributed by atoms with van der Waals surface area (Å²) in [6.45, 7) is 7.74. The zero-order valence-electron chi connectivity index (χ0n) is 20.0. The van der Waals surface area contributed by atoms with Crippen LogP contribution >= 0.6 is 0 Å². The van der Waals surface area contributed by atoms with Crippen LogP contribution in [0.15, 0.2) is 93.3 Å². The lowest BCUT2D eigenvalue weighted by atomic mass is 10.1.